The lowest BCUT2D eigenvalue weighted by atomic mass is 9.84. The summed E-state index contributed by atoms with van der Waals surface area (Å²) < 4.78 is 0. The lowest BCUT2D eigenvalue weighted by Gasteiger charge is -2.29. The summed E-state index contributed by atoms with van der Waals surface area (Å²) in [5, 5.41) is 14.1. The molecule has 3 rings (SSSR count). The SMILES string of the molecule is CCCCC(O)C(CC1CC1)C(=O)NC1CN(CCCC)c2ccccc2C(C(C)(C)C)=N1. The summed E-state index contributed by atoms with van der Waals surface area (Å²) in [6, 6.07) is 8.51. The van der Waals surface area contributed by atoms with Gasteiger partial charge >= 0.3 is 0 Å². The van der Waals surface area contributed by atoms with Gasteiger partial charge in [0.2, 0.25) is 5.91 Å². The van der Waals surface area contributed by atoms with Gasteiger partial charge in [-0.05, 0) is 31.2 Å². The number of benzene rings is 1. The minimum absolute atomic E-state index is 0.0334. The van der Waals surface area contributed by atoms with Crippen LogP contribution < -0.4 is 10.2 Å². The second-order valence-electron chi connectivity index (χ2n) is 11.1. The van der Waals surface area contributed by atoms with E-state index in [9.17, 15) is 9.90 Å². The number of hydrogen-bond acceptors (Lipinski definition) is 4. The summed E-state index contributed by atoms with van der Waals surface area (Å²) >= 11 is 0. The molecule has 1 aromatic rings. The lowest BCUT2D eigenvalue weighted by molar-refractivity contribution is -0.129. The van der Waals surface area contributed by atoms with Gasteiger partial charge in [-0.3, -0.25) is 9.79 Å². The van der Waals surface area contributed by atoms with E-state index in [1.807, 2.05) is 0 Å². The third-order valence-corrected chi connectivity index (χ3v) is 6.92. The van der Waals surface area contributed by atoms with Crippen LogP contribution in [0.15, 0.2) is 29.3 Å². The van der Waals surface area contributed by atoms with E-state index in [0.29, 0.717) is 18.9 Å². The van der Waals surface area contributed by atoms with Gasteiger partial charge in [-0.2, -0.15) is 0 Å². The number of fused-ring (bicyclic) bond motifs is 1. The molecule has 0 bridgehead atoms. The highest BCUT2D eigenvalue weighted by Gasteiger charge is 2.36. The molecule has 1 saturated carbocycles. The van der Waals surface area contributed by atoms with Gasteiger partial charge in [0.05, 0.1) is 24.3 Å². The van der Waals surface area contributed by atoms with Crippen LogP contribution >= 0.6 is 0 Å². The number of unbranched alkanes of at least 4 members (excludes halogenated alkanes) is 2. The molecule has 1 aliphatic heterocycles. The van der Waals surface area contributed by atoms with Crippen molar-refractivity contribution in [3.63, 3.8) is 0 Å². The van der Waals surface area contributed by atoms with Gasteiger partial charge in [0.15, 0.2) is 0 Å². The number of carbonyl (C=O) groups excluding carboxylic acids is 1. The number of amides is 1. The van der Waals surface area contributed by atoms with Crippen LogP contribution in [0.25, 0.3) is 0 Å². The fraction of sp³-hybridized carbons (Fsp3) is 0.714. The molecular weight excluding hydrogens is 410 g/mol. The summed E-state index contributed by atoms with van der Waals surface area (Å²) in [6.45, 7) is 12.5. The van der Waals surface area contributed by atoms with Crippen LogP contribution in [0.2, 0.25) is 0 Å². The van der Waals surface area contributed by atoms with Gasteiger partial charge in [0, 0.05) is 23.2 Å². The number of carbonyl (C=O) groups is 1. The van der Waals surface area contributed by atoms with E-state index in [1.54, 1.807) is 0 Å². The zero-order valence-electron chi connectivity index (χ0n) is 21.4. The molecule has 1 aromatic carbocycles. The molecule has 1 aliphatic carbocycles. The minimum atomic E-state index is -0.573. The van der Waals surface area contributed by atoms with E-state index >= 15 is 0 Å². The van der Waals surface area contributed by atoms with Gasteiger partial charge in [-0.25, -0.2) is 0 Å². The smallest absolute Gasteiger partial charge is 0.227 e. The van der Waals surface area contributed by atoms with Crippen LogP contribution in [0.1, 0.15) is 91.5 Å². The van der Waals surface area contributed by atoms with E-state index in [4.69, 9.17) is 4.99 Å². The first kappa shape index (κ1) is 25.7. The first-order valence-electron chi connectivity index (χ1n) is 13.2. The van der Waals surface area contributed by atoms with Gasteiger partial charge in [-0.1, -0.05) is 84.9 Å². The molecular formula is C28H45N3O2. The highest BCUT2D eigenvalue weighted by atomic mass is 16.3. The van der Waals surface area contributed by atoms with E-state index in [-0.39, 0.29) is 23.4 Å². The topological polar surface area (TPSA) is 64.9 Å². The molecule has 2 aliphatic rings. The summed E-state index contributed by atoms with van der Waals surface area (Å²) in [7, 11) is 0. The summed E-state index contributed by atoms with van der Waals surface area (Å²) in [4.78, 5) is 21.0. The molecule has 0 spiro atoms. The predicted octanol–water partition coefficient (Wildman–Crippen LogP) is 5.55. The largest absolute Gasteiger partial charge is 0.392 e. The zero-order valence-corrected chi connectivity index (χ0v) is 21.4. The van der Waals surface area contributed by atoms with Crippen molar-refractivity contribution in [1.82, 2.24) is 5.32 Å². The van der Waals surface area contributed by atoms with E-state index in [2.05, 4.69) is 69.1 Å². The Bertz CT molecular complexity index is 810. The Hall–Kier alpha value is -1.88. The second kappa shape index (κ2) is 11.5. The number of nitrogens with one attached hydrogen (secondary N) is 1. The molecule has 1 amide bonds. The maximum absolute atomic E-state index is 13.5. The molecule has 1 fully saturated rings. The summed E-state index contributed by atoms with van der Waals surface area (Å²) in [5.74, 6) is 0.214. The number of aliphatic hydroxyl groups is 1. The zero-order chi connectivity index (χ0) is 24.0. The van der Waals surface area contributed by atoms with Gasteiger partial charge in [0.1, 0.15) is 6.17 Å². The number of aliphatic imine (C=N–C) groups is 1. The van der Waals surface area contributed by atoms with Crippen molar-refractivity contribution >= 4 is 17.3 Å². The number of rotatable bonds is 11. The fourth-order valence-corrected chi connectivity index (χ4v) is 4.80. The van der Waals surface area contributed by atoms with Crippen molar-refractivity contribution in [1.29, 1.82) is 0 Å². The van der Waals surface area contributed by atoms with E-state index in [1.165, 1.54) is 18.5 Å². The second-order valence-corrected chi connectivity index (χ2v) is 11.1. The van der Waals surface area contributed by atoms with Crippen molar-refractivity contribution in [2.45, 2.75) is 98.3 Å². The number of para-hydroxylation sites is 1. The third-order valence-electron chi connectivity index (χ3n) is 6.92. The molecule has 2 N–H and O–H groups in total. The van der Waals surface area contributed by atoms with Crippen molar-refractivity contribution in [2.24, 2.45) is 22.2 Å². The number of anilines is 1. The molecule has 3 unspecified atom stereocenters. The maximum Gasteiger partial charge on any atom is 0.227 e. The summed E-state index contributed by atoms with van der Waals surface area (Å²) in [6.07, 6.45) is 7.14. The molecule has 3 atom stereocenters. The van der Waals surface area contributed by atoms with Crippen molar-refractivity contribution in [2.75, 3.05) is 18.0 Å². The Kier molecular flexibility index (Phi) is 8.97. The molecule has 5 nitrogen and oxygen atoms in total. The van der Waals surface area contributed by atoms with Gasteiger partial charge < -0.3 is 15.3 Å². The lowest BCUT2D eigenvalue weighted by Crippen LogP contribution is -2.47. The van der Waals surface area contributed by atoms with Gasteiger partial charge in [0.25, 0.3) is 0 Å². The van der Waals surface area contributed by atoms with Crippen LogP contribution in [0.3, 0.4) is 0 Å². The normalized spacial score (nSPS) is 20.5. The number of hydrogen-bond donors (Lipinski definition) is 2. The third kappa shape index (κ3) is 7.05. The number of benzodiazepines with no additional fused rings is 1. The molecule has 0 radical (unpaired) electrons. The van der Waals surface area contributed by atoms with Gasteiger partial charge in [-0.15, -0.1) is 0 Å². The first-order chi connectivity index (χ1) is 15.7. The summed E-state index contributed by atoms with van der Waals surface area (Å²) in [5.41, 5.74) is 3.25. The first-order valence-corrected chi connectivity index (χ1v) is 13.2. The molecule has 33 heavy (non-hydrogen) atoms. The Balaban J connectivity index is 1.87. The minimum Gasteiger partial charge on any atom is -0.392 e. The molecule has 0 aromatic heterocycles. The highest BCUT2D eigenvalue weighted by Crippen LogP contribution is 2.37. The average molecular weight is 456 g/mol. The van der Waals surface area contributed by atoms with Crippen LogP contribution in [0.4, 0.5) is 5.69 Å². The Morgan fingerprint density at radius 2 is 1.88 bits per heavy atom. The van der Waals surface area contributed by atoms with Crippen LogP contribution in [-0.4, -0.2) is 42.1 Å². The predicted molar refractivity (Wildman–Crippen MR) is 138 cm³/mol. The Morgan fingerprint density at radius 3 is 2.52 bits per heavy atom. The van der Waals surface area contributed by atoms with Crippen molar-refractivity contribution in [3.05, 3.63) is 29.8 Å². The Morgan fingerprint density at radius 1 is 1.18 bits per heavy atom. The van der Waals surface area contributed by atoms with Crippen LogP contribution in [-0.2, 0) is 4.79 Å². The molecule has 1 heterocycles. The van der Waals surface area contributed by atoms with E-state index < -0.39 is 6.10 Å². The maximum atomic E-state index is 13.5. The highest BCUT2D eigenvalue weighted by molar-refractivity contribution is 6.08. The quantitative estimate of drug-likeness (QED) is 0.460. The Labute approximate surface area is 201 Å². The molecule has 184 valence electrons. The van der Waals surface area contributed by atoms with E-state index in [0.717, 1.165) is 49.9 Å². The molecule has 5 heteroatoms. The van der Waals surface area contributed by atoms with Crippen molar-refractivity contribution in [3.8, 4) is 0 Å². The van der Waals surface area contributed by atoms with Crippen LogP contribution in [0, 0.1) is 17.3 Å². The molecule has 0 saturated heterocycles. The standard InChI is InChI=1S/C28H45N3O2/c1-6-8-14-24(32)22(18-20-15-16-20)27(33)30-25-19-31(17-9-7-2)23-13-11-10-12-21(23)26(29-25)28(3,4)5/h10-13,20,22,24-25,32H,6-9,14-19H2,1-5H3,(H,30,33). The van der Waals surface area contributed by atoms with Crippen LogP contribution in [0.5, 0.6) is 0 Å². The average Bonchev–Trinajstić information content (AvgIpc) is 3.61. The monoisotopic (exact) mass is 455 g/mol. The number of nitrogens with zero attached hydrogens (tertiary/aromatic N) is 2. The van der Waals surface area contributed by atoms with Crippen molar-refractivity contribution < 1.29 is 9.90 Å². The number of aliphatic hydroxyl groups excluding tert-OH is 1. The fourth-order valence-electron chi connectivity index (χ4n) is 4.80.